The van der Waals surface area contributed by atoms with E-state index in [0.717, 1.165) is 0 Å². The predicted molar refractivity (Wildman–Crippen MR) is 45.8 cm³/mol. The van der Waals surface area contributed by atoms with Gasteiger partial charge in [-0.1, -0.05) is 6.42 Å². The predicted octanol–water partition coefficient (Wildman–Crippen LogP) is 1.79. The molecule has 1 nitrogen and oxygen atoms in total. The quantitative estimate of drug-likeness (QED) is 0.504. The fourth-order valence-corrected chi connectivity index (χ4v) is 0.802. The van der Waals surface area contributed by atoms with Crippen LogP contribution in [0.15, 0.2) is 0 Å². The molecule has 0 aromatic heterocycles. The summed E-state index contributed by atoms with van der Waals surface area (Å²) < 4.78 is 0. The lowest BCUT2D eigenvalue weighted by Crippen LogP contribution is -2.21. The summed E-state index contributed by atoms with van der Waals surface area (Å²) in [4.78, 5) is 0. The average molecular weight is 139 g/mol. The van der Waals surface area contributed by atoms with Gasteiger partial charge in [-0.2, -0.15) is 0 Å². The van der Waals surface area contributed by atoms with Gasteiger partial charge in [0.2, 0.25) is 0 Å². The van der Waals surface area contributed by atoms with E-state index in [-0.39, 0.29) is 0 Å². The Morgan fingerprint density at radius 1 is 0.900 bits per heavy atom. The van der Waals surface area contributed by atoms with Gasteiger partial charge in [-0.25, -0.2) is 0 Å². The monoisotopic (exact) mass is 139 g/mol. The Bertz CT molecular complexity index is 86.1. The second-order valence-electron chi connectivity index (χ2n) is 2.31. The molecule has 0 radical (unpaired) electrons. The maximum Gasteiger partial charge on any atom is -0.00271 e. The minimum Gasteiger partial charge on any atom is -0.317 e. The third kappa shape index (κ3) is 7.52. The number of nitrogens with one attached hydrogen (secondary N) is 1. The molecule has 0 aromatic carbocycles. The number of hydrogen-bond donors (Lipinski definition) is 1. The second kappa shape index (κ2) is 8.52. The van der Waals surface area contributed by atoms with Gasteiger partial charge >= 0.3 is 0 Å². The van der Waals surface area contributed by atoms with Crippen molar-refractivity contribution in [3.05, 3.63) is 0 Å². The van der Waals surface area contributed by atoms with E-state index in [1.54, 1.807) is 0 Å². The lowest BCUT2D eigenvalue weighted by Gasteiger charge is -2.08. The topological polar surface area (TPSA) is 12.0 Å². The number of hydrogen-bond acceptors (Lipinski definition) is 1. The Hall–Kier alpha value is -0.480. The van der Waals surface area contributed by atoms with Gasteiger partial charge in [0.25, 0.3) is 0 Å². The van der Waals surface area contributed by atoms with Crippen molar-refractivity contribution in [1.82, 2.24) is 5.32 Å². The van der Waals surface area contributed by atoms with E-state index < -0.39 is 0 Å². The zero-order valence-electron chi connectivity index (χ0n) is 7.04. The van der Waals surface area contributed by atoms with Crippen LogP contribution >= 0.6 is 0 Å². The minimum absolute atomic E-state index is 1.25. The van der Waals surface area contributed by atoms with Gasteiger partial charge in [0.15, 0.2) is 0 Å². The SMILES string of the molecule is C1CCNCC1.CC#CC. The standard InChI is InChI=1S/C5H11N.C4H6/c1-2-4-6-5-3-1;1-3-4-2/h6H,1-5H2;1-2H3. The normalized spacial score (nSPS) is 15.8. The molecule has 1 N–H and O–H groups in total. The summed E-state index contributed by atoms with van der Waals surface area (Å²) in [5, 5.41) is 3.28. The van der Waals surface area contributed by atoms with Crippen LogP contribution < -0.4 is 5.32 Å². The van der Waals surface area contributed by atoms with E-state index in [9.17, 15) is 0 Å². The molecule has 1 aliphatic heterocycles. The molecule has 0 atom stereocenters. The molecule has 1 rings (SSSR count). The third-order valence-electron chi connectivity index (χ3n) is 1.46. The van der Waals surface area contributed by atoms with Crippen LogP contribution in [-0.4, -0.2) is 13.1 Å². The van der Waals surface area contributed by atoms with E-state index in [1.165, 1.54) is 32.4 Å². The Balaban J connectivity index is 0.000000180. The van der Waals surface area contributed by atoms with Gasteiger partial charge in [0.1, 0.15) is 0 Å². The van der Waals surface area contributed by atoms with Gasteiger partial charge in [-0.3, -0.25) is 0 Å². The first kappa shape index (κ1) is 9.52. The van der Waals surface area contributed by atoms with E-state index >= 15 is 0 Å². The van der Waals surface area contributed by atoms with Gasteiger partial charge in [-0.05, 0) is 39.8 Å². The molecule has 1 saturated heterocycles. The van der Waals surface area contributed by atoms with Crippen molar-refractivity contribution >= 4 is 0 Å². The molecular weight excluding hydrogens is 122 g/mol. The van der Waals surface area contributed by atoms with Crippen LogP contribution in [0.2, 0.25) is 0 Å². The Labute approximate surface area is 64.2 Å². The number of piperidine rings is 1. The van der Waals surface area contributed by atoms with E-state index in [4.69, 9.17) is 0 Å². The van der Waals surface area contributed by atoms with Crippen LogP contribution in [0, 0.1) is 11.8 Å². The van der Waals surface area contributed by atoms with Crippen molar-refractivity contribution in [3.8, 4) is 11.8 Å². The second-order valence-corrected chi connectivity index (χ2v) is 2.31. The summed E-state index contributed by atoms with van der Waals surface area (Å²) in [6.07, 6.45) is 4.22. The number of rotatable bonds is 0. The molecule has 0 spiro atoms. The fraction of sp³-hybridized carbons (Fsp3) is 0.778. The van der Waals surface area contributed by atoms with Crippen molar-refractivity contribution in [1.29, 1.82) is 0 Å². The maximum atomic E-state index is 3.28. The van der Waals surface area contributed by atoms with Crippen molar-refractivity contribution < 1.29 is 0 Å². The first-order chi connectivity index (χ1) is 4.91. The Kier molecular flexibility index (Phi) is 8.11. The summed E-state index contributed by atoms with van der Waals surface area (Å²) in [7, 11) is 0. The van der Waals surface area contributed by atoms with Gasteiger partial charge in [0.05, 0.1) is 0 Å². The first-order valence-electron chi connectivity index (χ1n) is 3.96. The molecule has 1 fully saturated rings. The summed E-state index contributed by atoms with van der Waals surface area (Å²) in [6, 6.07) is 0. The van der Waals surface area contributed by atoms with E-state index in [2.05, 4.69) is 17.2 Å². The summed E-state index contributed by atoms with van der Waals surface area (Å²) in [6.45, 7) is 6.14. The summed E-state index contributed by atoms with van der Waals surface area (Å²) in [5.74, 6) is 5.36. The zero-order valence-corrected chi connectivity index (χ0v) is 7.04. The van der Waals surface area contributed by atoms with Crippen LogP contribution in [0.25, 0.3) is 0 Å². The van der Waals surface area contributed by atoms with Gasteiger partial charge in [0, 0.05) is 0 Å². The largest absolute Gasteiger partial charge is 0.317 e. The zero-order chi connectivity index (χ0) is 7.66. The van der Waals surface area contributed by atoms with E-state index in [0.29, 0.717) is 0 Å². The van der Waals surface area contributed by atoms with Crippen molar-refractivity contribution in [2.45, 2.75) is 33.1 Å². The summed E-state index contributed by atoms with van der Waals surface area (Å²) >= 11 is 0. The Morgan fingerprint density at radius 2 is 1.40 bits per heavy atom. The highest BCUT2D eigenvalue weighted by Crippen LogP contribution is 1.96. The van der Waals surface area contributed by atoms with Crippen LogP contribution in [0.3, 0.4) is 0 Å². The highest BCUT2D eigenvalue weighted by molar-refractivity contribution is 4.89. The van der Waals surface area contributed by atoms with Gasteiger partial charge in [-0.15, -0.1) is 11.8 Å². The maximum absolute atomic E-state index is 3.28. The molecule has 0 saturated carbocycles. The summed E-state index contributed by atoms with van der Waals surface area (Å²) in [5.41, 5.74) is 0. The Morgan fingerprint density at radius 3 is 1.50 bits per heavy atom. The van der Waals surface area contributed by atoms with Gasteiger partial charge < -0.3 is 5.32 Å². The minimum atomic E-state index is 1.25. The molecular formula is C9H17N. The molecule has 0 aromatic rings. The molecule has 0 aliphatic carbocycles. The van der Waals surface area contributed by atoms with Crippen LogP contribution in [-0.2, 0) is 0 Å². The highest BCUT2D eigenvalue weighted by atomic mass is 14.9. The van der Waals surface area contributed by atoms with Crippen molar-refractivity contribution in [2.24, 2.45) is 0 Å². The molecule has 0 amide bonds. The molecule has 10 heavy (non-hydrogen) atoms. The molecule has 1 aliphatic rings. The highest BCUT2D eigenvalue weighted by Gasteiger charge is 1.93. The molecule has 1 heteroatoms. The molecule has 1 heterocycles. The van der Waals surface area contributed by atoms with Crippen molar-refractivity contribution in [3.63, 3.8) is 0 Å². The van der Waals surface area contributed by atoms with Crippen LogP contribution in [0.1, 0.15) is 33.1 Å². The first-order valence-corrected chi connectivity index (χ1v) is 3.96. The van der Waals surface area contributed by atoms with Crippen molar-refractivity contribution in [2.75, 3.05) is 13.1 Å². The lowest BCUT2D eigenvalue weighted by atomic mass is 10.2. The molecule has 58 valence electrons. The van der Waals surface area contributed by atoms with E-state index in [1.807, 2.05) is 13.8 Å². The van der Waals surface area contributed by atoms with Crippen LogP contribution in [0.5, 0.6) is 0 Å². The average Bonchev–Trinajstić information content (AvgIpc) is 2.08. The molecule has 0 bridgehead atoms. The lowest BCUT2D eigenvalue weighted by molar-refractivity contribution is 0.520. The fourth-order valence-electron chi connectivity index (χ4n) is 0.802. The molecule has 0 unspecified atom stereocenters. The smallest absolute Gasteiger partial charge is 0.00271 e. The van der Waals surface area contributed by atoms with Crippen LogP contribution in [0.4, 0.5) is 0 Å². The third-order valence-corrected chi connectivity index (χ3v) is 1.46.